The predicted molar refractivity (Wildman–Crippen MR) is 101 cm³/mol. The maximum absolute atomic E-state index is 4.88. The van der Waals surface area contributed by atoms with Crippen LogP contribution in [0.25, 0.3) is 5.82 Å². The molecule has 0 spiro atoms. The summed E-state index contributed by atoms with van der Waals surface area (Å²) in [5.41, 5.74) is 5.69. The minimum Gasteiger partial charge on any atom is -0.348 e. The molecule has 0 bridgehead atoms. The summed E-state index contributed by atoms with van der Waals surface area (Å²) in [7, 11) is 2.01. The molecule has 0 N–H and O–H groups in total. The average Bonchev–Trinajstić information content (AvgIpc) is 3.27. The van der Waals surface area contributed by atoms with Crippen molar-refractivity contribution in [3.05, 3.63) is 46.8 Å². The first-order valence-corrected chi connectivity index (χ1v) is 9.08. The van der Waals surface area contributed by atoms with Crippen LogP contribution in [0.2, 0.25) is 0 Å². The topological polar surface area (TPSA) is 64.7 Å². The summed E-state index contributed by atoms with van der Waals surface area (Å²) in [5, 5.41) is 9.14. The van der Waals surface area contributed by atoms with Crippen LogP contribution in [0, 0.1) is 27.7 Å². The Balaban J connectivity index is 1.73. The molecule has 1 aliphatic rings. The van der Waals surface area contributed by atoms with E-state index in [0.29, 0.717) is 6.04 Å². The quantitative estimate of drug-likeness (QED) is 0.726. The first-order chi connectivity index (χ1) is 12.5. The molecular weight excluding hydrogens is 326 g/mol. The summed E-state index contributed by atoms with van der Waals surface area (Å²) < 4.78 is 3.83. The minimum atomic E-state index is 0.300. The molecule has 26 heavy (non-hydrogen) atoms. The molecule has 0 aliphatic carbocycles. The second-order valence-corrected chi connectivity index (χ2v) is 7.13. The van der Waals surface area contributed by atoms with Gasteiger partial charge in [-0.1, -0.05) is 0 Å². The summed E-state index contributed by atoms with van der Waals surface area (Å²) in [6.45, 7) is 9.24. The number of rotatable bonds is 3. The Kier molecular flexibility index (Phi) is 4.01. The van der Waals surface area contributed by atoms with E-state index in [1.807, 2.05) is 36.5 Å². The monoisotopic (exact) mass is 351 g/mol. The van der Waals surface area contributed by atoms with E-state index in [4.69, 9.17) is 4.98 Å². The SMILES string of the molecule is Cc1cc(C)n(-c2cncc(N3CCCC3c3c(C)nn(C)c3C)n2)n1. The Morgan fingerprint density at radius 2 is 1.81 bits per heavy atom. The zero-order valence-electron chi connectivity index (χ0n) is 16.1. The lowest BCUT2D eigenvalue weighted by Crippen LogP contribution is -2.25. The molecule has 7 heteroatoms. The van der Waals surface area contributed by atoms with Crippen molar-refractivity contribution in [2.24, 2.45) is 7.05 Å². The summed E-state index contributed by atoms with van der Waals surface area (Å²) in [6, 6.07) is 2.35. The second kappa shape index (κ2) is 6.23. The molecule has 4 heterocycles. The summed E-state index contributed by atoms with van der Waals surface area (Å²) in [6.07, 6.45) is 5.88. The predicted octanol–water partition coefficient (Wildman–Crippen LogP) is 2.97. The van der Waals surface area contributed by atoms with Crippen molar-refractivity contribution in [3.63, 3.8) is 0 Å². The molecule has 1 atom stereocenters. The van der Waals surface area contributed by atoms with Crippen LogP contribution in [0.5, 0.6) is 0 Å². The van der Waals surface area contributed by atoms with E-state index in [2.05, 4.69) is 40.0 Å². The van der Waals surface area contributed by atoms with Gasteiger partial charge in [-0.25, -0.2) is 9.67 Å². The van der Waals surface area contributed by atoms with Gasteiger partial charge in [-0.2, -0.15) is 10.2 Å². The van der Waals surface area contributed by atoms with Gasteiger partial charge < -0.3 is 4.90 Å². The first kappa shape index (κ1) is 16.8. The highest BCUT2D eigenvalue weighted by Crippen LogP contribution is 2.37. The lowest BCUT2D eigenvalue weighted by Gasteiger charge is -2.26. The van der Waals surface area contributed by atoms with E-state index in [9.17, 15) is 0 Å². The van der Waals surface area contributed by atoms with Crippen molar-refractivity contribution in [2.75, 3.05) is 11.4 Å². The number of nitrogens with zero attached hydrogens (tertiary/aromatic N) is 7. The molecule has 0 saturated carbocycles. The lowest BCUT2D eigenvalue weighted by molar-refractivity contribution is 0.689. The molecule has 1 aliphatic heterocycles. The zero-order chi connectivity index (χ0) is 18.4. The van der Waals surface area contributed by atoms with Gasteiger partial charge in [0.05, 0.1) is 29.8 Å². The van der Waals surface area contributed by atoms with Crippen LogP contribution in [-0.2, 0) is 7.05 Å². The largest absolute Gasteiger partial charge is 0.348 e. The smallest absolute Gasteiger partial charge is 0.174 e. The van der Waals surface area contributed by atoms with Crippen molar-refractivity contribution in [1.82, 2.24) is 29.5 Å². The number of aromatic nitrogens is 6. The van der Waals surface area contributed by atoms with E-state index < -0.39 is 0 Å². The van der Waals surface area contributed by atoms with E-state index >= 15 is 0 Å². The van der Waals surface area contributed by atoms with Gasteiger partial charge in [-0.3, -0.25) is 9.67 Å². The van der Waals surface area contributed by atoms with Gasteiger partial charge in [0.25, 0.3) is 0 Å². The Hall–Kier alpha value is -2.70. The maximum atomic E-state index is 4.88. The second-order valence-electron chi connectivity index (χ2n) is 7.13. The van der Waals surface area contributed by atoms with Gasteiger partial charge in [0.15, 0.2) is 5.82 Å². The standard InChI is InChI=1S/C19H25N7/c1-12-9-13(2)26(22-12)18-11-20-10-17(21-18)25-8-6-7-16(25)19-14(3)23-24(5)15(19)4/h9-11,16H,6-8H2,1-5H3. The maximum Gasteiger partial charge on any atom is 0.174 e. The number of hydrogen-bond donors (Lipinski definition) is 0. The third-order valence-corrected chi connectivity index (χ3v) is 5.28. The van der Waals surface area contributed by atoms with Gasteiger partial charge in [-0.15, -0.1) is 0 Å². The molecule has 0 amide bonds. The molecule has 136 valence electrons. The highest BCUT2D eigenvalue weighted by atomic mass is 15.3. The fraction of sp³-hybridized carbons (Fsp3) is 0.474. The van der Waals surface area contributed by atoms with Crippen LogP contribution in [0.1, 0.15) is 47.2 Å². The fourth-order valence-corrected chi connectivity index (χ4v) is 4.06. The van der Waals surface area contributed by atoms with Crippen molar-refractivity contribution in [3.8, 4) is 5.82 Å². The molecule has 1 saturated heterocycles. The molecule has 0 radical (unpaired) electrons. The Morgan fingerprint density at radius 1 is 1.04 bits per heavy atom. The Morgan fingerprint density at radius 3 is 2.46 bits per heavy atom. The lowest BCUT2D eigenvalue weighted by atomic mass is 10.0. The van der Waals surface area contributed by atoms with Crippen LogP contribution >= 0.6 is 0 Å². The molecule has 0 aromatic carbocycles. The molecule has 7 nitrogen and oxygen atoms in total. The van der Waals surface area contributed by atoms with Crippen molar-refractivity contribution in [2.45, 2.75) is 46.6 Å². The third kappa shape index (κ3) is 2.67. The molecule has 1 unspecified atom stereocenters. The van der Waals surface area contributed by atoms with Gasteiger partial charge in [-0.05, 0) is 46.6 Å². The first-order valence-electron chi connectivity index (χ1n) is 9.08. The number of hydrogen-bond acceptors (Lipinski definition) is 5. The summed E-state index contributed by atoms with van der Waals surface area (Å²) in [5.74, 6) is 1.67. The van der Waals surface area contributed by atoms with E-state index in [1.165, 1.54) is 11.3 Å². The van der Waals surface area contributed by atoms with Crippen LogP contribution in [0.15, 0.2) is 18.5 Å². The van der Waals surface area contributed by atoms with Gasteiger partial charge in [0, 0.05) is 30.5 Å². The molecule has 3 aromatic rings. The Labute approximate surface area is 153 Å². The summed E-state index contributed by atoms with van der Waals surface area (Å²) >= 11 is 0. The van der Waals surface area contributed by atoms with E-state index in [-0.39, 0.29) is 0 Å². The number of aryl methyl sites for hydroxylation is 4. The van der Waals surface area contributed by atoms with Crippen LogP contribution in [0.4, 0.5) is 5.82 Å². The Bertz CT molecular complexity index is 953. The zero-order valence-corrected chi connectivity index (χ0v) is 16.1. The van der Waals surface area contributed by atoms with Crippen LogP contribution in [-0.4, -0.2) is 36.1 Å². The van der Waals surface area contributed by atoms with Crippen molar-refractivity contribution in [1.29, 1.82) is 0 Å². The highest BCUT2D eigenvalue weighted by Gasteiger charge is 2.31. The summed E-state index contributed by atoms with van der Waals surface area (Å²) in [4.78, 5) is 11.7. The van der Waals surface area contributed by atoms with E-state index in [0.717, 1.165) is 48.1 Å². The van der Waals surface area contributed by atoms with Crippen LogP contribution in [0.3, 0.4) is 0 Å². The highest BCUT2D eigenvalue weighted by molar-refractivity contribution is 5.46. The molecule has 3 aromatic heterocycles. The number of anilines is 1. The average molecular weight is 351 g/mol. The van der Waals surface area contributed by atoms with Gasteiger partial charge in [0.2, 0.25) is 0 Å². The normalized spacial score (nSPS) is 17.3. The van der Waals surface area contributed by atoms with Gasteiger partial charge >= 0.3 is 0 Å². The molecule has 1 fully saturated rings. The third-order valence-electron chi connectivity index (χ3n) is 5.28. The van der Waals surface area contributed by atoms with Crippen molar-refractivity contribution < 1.29 is 0 Å². The van der Waals surface area contributed by atoms with Gasteiger partial charge in [0.1, 0.15) is 5.82 Å². The molecule has 4 rings (SSSR count). The minimum absolute atomic E-state index is 0.300. The van der Waals surface area contributed by atoms with E-state index in [1.54, 1.807) is 6.20 Å². The van der Waals surface area contributed by atoms with Crippen molar-refractivity contribution >= 4 is 5.82 Å². The fourth-order valence-electron chi connectivity index (χ4n) is 4.06. The van der Waals surface area contributed by atoms with Crippen LogP contribution < -0.4 is 4.90 Å². The molecular formula is C19H25N7.